The fraction of sp³-hybridized carbons (Fsp3) is 0.200. The summed E-state index contributed by atoms with van der Waals surface area (Å²) < 4.78 is 71.2. The van der Waals surface area contributed by atoms with Gasteiger partial charge in [0.1, 0.15) is 23.0 Å². The maximum atomic E-state index is 12.8. The van der Waals surface area contributed by atoms with Crippen LogP contribution in [0.15, 0.2) is 174 Å². The summed E-state index contributed by atoms with van der Waals surface area (Å²) in [5, 5.41) is 0. The van der Waals surface area contributed by atoms with Crippen LogP contribution in [-0.2, 0) is 48.9 Å². The molecule has 0 aliphatic carbocycles. The molecule has 0 radical (unpaired) electrons. The number of esters is 1. The molecule has 0 saturated carbocycles. The van der Waals surface area contributed by atoms with Crippen molar-refractivity contribution in [3.05, 3.63) is 203 Å². The fourth-order valence-corrected chi connectivity index (χ4v) is 8.78. The third kappa shape index (κ3) is 17.0. The number of hydrogen-bond donors (Lipinski definition) is 3. The Kier molecular flexibility index (Phi) is 19.1. The Bertz CT molecular complexity index is 3000. The third-order valence-corrected chi connectivity index (χ3v) is 13.0. The topological polar surface area (TPSA) is 180 Å². The first-order valence-corrected chi connectivity index (χ1v) is 25.2. The van der Waals surface area contributed by atoms with E-state index in [0.29, 0.717) is 41.6 Å². The predicted molar refractivity (Wildman–Crippen MR) is 274 cm³/mol. The second kappa shape index (κ2) is 25.1. The molecule has 0 atom stereocenters. The Labute approximate surface area is 406 Å². The number of aryl methyl sites for hydroxylation is 4. The van der Waals surface area contributed by atoms with Gasteiger partial charge in [0.05, 0.1) is 46.5 Å². The standard InChI is InChI=1S/C25H27NO4S.C16H16O3.C14H16N2O2S/c1-4-30-23-11-8-20(9-12-23)16-22(27)17-21-10-5-19(3)15-25(21)26-31(28,29)24-13-6-18(2)7-14-24;1-2-18-14-10-8-13(9-11-14)12-16(17)19-15-6-4-3-5-7-15;1-10-3-6-12(7-4-10)19(17,18)16-14-9-11(2)5-8-13(14)15/h5-15,26H,4,16-17H2,1-3H3;3-11H,2,12H2,1H3;3-9,16H,15H2,1-2H3. The molecule has 7 rings (SSSR count). The number of sulfonamides is 2. The van der Waals surface area contributed by atoms with E-state index < -0.39 is 20.0 Å². The first kappa shape index (κ1) is 52.5. The normalized spacial score (nSPS) is 10.9. The highest BCUT2D eigenvalue weighted by Crippen LogP contribution is 2.25. The summed E-state index contributed by atoms with van der Waals surface area (Å²) >= 11 is 0. The Hall–Kier alpha value is -7.42. The van der Waals surface area contributed by atoms with Gasteiger partial charge in [-0.15, -0.1) is 0 Å². The van der Waals surface area contributed by atoms with Gasteiger partial charge in [-0.2, -0.15) is 0 Å². The lowest BCUT2D eigenvalue weighted by Crippen LogP contribution is -2.16. The summed E-state index contributed by atoms with van der Waals surface area (Å²) in [6.07, 6.45) is 0.658. The minimum atomic E-state index is -3.75. The van der Waals surface area contributed by atoms with Crippen molar-refractivity contribution in [1.29, 1.82) is 0 Å². The molecule has 0 amide bonds. The Morgan fingerprint density at radius 1 is 0.478 bits per heavy atom. The van der Waals surface area contributed by atoms with E-state index in [0.717, 1.165) is 44.9 Å². The highest BCUT2D eigenvalue weighted by atomic mass is 32.2. The molecular formula is C55H59N3O9S2. The first-order valence-electron chi connectivity index (χ1n) is 22.3. The van der Waals surface area contributed by atoms with E-state index in [1.807, 2.05) is 120 Å². The summed E-state index contributed by atoms with van der Waals surface area (Å²) in [6.45, 7) is 12.6. The second-order valence-corrected chi connectivity index (χ2v) is 19.5. The van der Waals surface area contributed by atoms with Gasteiger partial charge in [0.15, 0.2) is 0 Å². The smallest absolute Gasteiger partial charge is 0.315 e. The molecule has 0 spiro atoms. The monoisotopic (exact) mass is 969 g/mol. The Morgan fingerprint density at radius 2 is 0.913 bits per heavy atom. The van der Waals surface area contributed by atoms with Gasteiger partial charge < -0.3 is 19.9 Å². The van der Waals surface area contributed by atoms with E-state index in [1.54, 1.807) is 84.9 Å². The zero-order chi connectivity index (χ0) is 50.0. The minimum Gasteiger partial charge on any atom is -0.494 e. The number of ketones is 1. The molecule has 4 N–H and O–H groups in total. The molecule has 0 bridgehead atoms. The quantitative estimate of drug-likeness (QED) is 0.0451. The highest BCUT2D eigenvalue weighted by molar-refractivity contribution is 7.93. The average Bonchev–Trinajstić information content (AvgIpc) is 3.31. The molecule has 0 saturated heterocycles. The molecular weight excluding hydrogens is 911 g/mol. The molecule has 0 heterocycles. The number of carbonyl (C=O) groups is 2. The van der Waals surface area contributed by atoms with Crippen LogP contribution in [0.4, 0.5) is 17.1 Å². The number of rotatable bonds is 17. The molecule has 7 aromatic carbocycles. The number of carbonyl (C=O) groups excluding carboxylic acids is 2. The van der Waals surface area contributed by atoms with Crippen LogP contribution in [0.25, 0.3) is 0 Å². The lowest BCUT2D eigenvalue weighted by Gasteiger charge is -2.14. The largest absolute Gasteiger partial charge is 0.494 e. The first-order chi connectivity index (χ1) is 32.9. The van der Waals surface area contributed by atoms with Crippen molar-refractivity contribution >= 4 is 48.9 Å². The van der Waals surface area contributed by atoms with Gasteiger partial charge in [-0.05, 0) is 148 Å². The maximum Gasteiger partial charge on any atom is 0.315 e. The third-order valence-electron chi connectivity index (χ3n) is 10.2. The van der Waals surface area contributed by atoms with E-state index in [9.17, 15) is 26.4 Å². The maximum absolute atomic E-state index is 12.8. The summed E-state index contributed by atoms with van der Waals surface area (Å²) in [7, 11) is -7.35. The Balaban J connectivity index is 0.000000203. The number of para-hydroxylation sites is 1. The van der Waals surface area contributed by atoms with Crippen molar-refractivity contribution < 1.29 is 40.6 Å². The number of benzene rings is 7. The average molecular weight is 970 g/mol. The van der Waals surface area contributed by atoms with E-state index in [4.69, 9.17) is 19.9 Å². The van der Waals surface area contributed by atoms with Gasteiger partial charge >= 0.3 is 5.97 Å². The summed E-state index contributed by atoms with van der Waals surface area (Å²) in [5.74, 6) is 1.88. The number of nitrogens with one attached hydrogen (secondary N) is 2. The van der Waals surface area contributed by atoms with Gasteiger partial charge in [0.25, 0.3) is 20.0 Å². The number of ether oxygens (including phenoxy) is 3. The zero-order valence-corrected chi connectivity index (χ0v) is 41.3. The van der Waals surface area contributed by atoms with E-state index in [2.05, 4.69) is 9.44 Å². The molecule has 0 aliphatic rings. The molecule has 0 aromatic heterocycles. The number of nitrogens with two attached hydrogens (primary N) is 1. The van der Waals surface area contributed by atoms with Crippen molar-refractivity contribution in [1.82, 2.24) is 0 Å². The number of Topliss-reactive ketones (excluding diaryl/α,β-unsaturated/α-hetero) is 1. The summed E-state index contributed by atoms with van der Waals surface area (Å²) in [4.78, 5) is 24.8. The van der Waals surface area contributed by atoms with Crippen LogP contribution in [0.2, 0.25) is 0 Å². The molecule has 0 aliphatic heterocycles. The van der Waals surface area contributed by atoms with Crippen LogP contribution in [0.3, 0.4) is 0 Å². The van der Waals surface area contributed by atoms with Crippen LogP contribution in [-0.4, -0.2) is 41.8 Å². The second-order valence-electron chi connectivity index (χ2n) is 16.1. The van der Waals surface area contributed by atoms with Crippen molar-refractivity contribution in [3.8, 4) is 17.2 Å². The number of nitrogen functional groups attached to an aromatic ring is 1. The molecule has 69 heavy (non-hydrogen) atoms. The van der Waals surface area contributed by atoms with Gasteiger partial charge in [-0.1, -0.05) is 96.1 Å². The predicted octanol–water partition coefficient (Wildman–Crippen LogP) is 10.8. The van der Waals surface area contributed by atoms with Gasteiger partial charge in [0, 0.05) is 12.8 Å². The van der Waals surface area contributed by atoms with Gasteiger partial charge in [0.2, 0.25) is 0 Å². The van der Waals surface area contributed by atoms with E-state index in [-0.39, 0.29) is 40.8 Å². The SMILES string of the molecule is CCOc1ccc(CC(=O)Cc2ccc(C)cc2NS(=O)(=O)c2ccc(C)cc2)cc1.CCOc1ccc(CC(=O)Oc2ccccc2)cc1.Cc1ccc(S(=O)(=O)Nc2cc(C)ccc2N)cc1. The lowest BCUT2D eigenvalue weighted by molar-refractivity contribution is -0.133. The zero-order valence-electron chi connectivity index (χ0n) is 39.7. The Morgan fingerprint density at radius 3 is 1.41 bits per heavy atom. The molecule has 12 nitrogen and oxygen atoms in total. The lowest BCUT2D eigenvalue weighted by atomic mass is 10.0. The van der Waals surface area contributed by atoms with Crippen molar-refractivity contribution in [2.75, 3.05) is 28.4 Å². The van der Waals surface area contributed by atoms with Crippen LogP contribution in [0, 0.1) is 27.7 Å². The highest BCUT2D eigenvalue weighted by Gasteiger charge is 2.18. The van der Waals surface area contributed by atoms with Crippen LogP contribution in [0.1, 0.15) is 52.8 Å². The van der Waals surface area contributed by atoms with Crippen molar-refractivity contribution in [3.63, 3.8) is 0 Å². The molecule has 0 fully saturated rings. The molecule has 360 valence electrons. The van der Waals surface area contributed by atoms with Crippen molar-refractivity contribution in [2.24, 2.45) is 0 Å². The number of hydrogen-bond acceptors (Lipinski definition) is 10. The van der Waals surface area contributed by atoms with Crippen molar-refractivity contribution in [2.45, 2.75) is 70.6 Å². The van der Waals surface area contributed by atoms with E-state index >= 15 is 0 Å². The van der Waals surface area contributed by atoms with Crippen LogP contribution < -0.4 is 29.4 Å². The summed E-state index contributed by atoms with van der Waals surface area (Å²) in [5.41, 5.74) is 13.3. The van der Waals surface area contributed by atoms with Gasteiger partial charge in [-0.3, -0.25) is 19.0 Å². The van der Waals surface area contributed by atoms with E-state index in [1.165, 1.54) is 0 Å². The molecule has 0 unspecified atom stereocenters. The number of anilines is 3. The minimum absolute atomic E-state index is 0.00352. The van der Waals surface area contributed by atoms with Crippen LogP contribution >= 0.6 is 0 Å². The van der Waals surface area contributed by atoms with Gasteiger partial charge in [-0.25, -0.2) is 16.8 Å². The fourth-order valence-electron chi connectivity index (χ4n) is 6.61. The van der Waals surface area contributed by atoms with Crippen LogP contribution in [0.5, 0.6) is 17.2 Å². The molecule has 14 heteroatoms. The summed E-state index contributed by atoms with van der Waals surface area (Å²) in [6, 6.07) is 47.9. The molecule has 7 aromatic rings.